The van der Waals surface area contributed by atoms with Crippen molar-refractivity contribution in [2.45, 2.75) is 46.6 Å². The van der Waals surface area contributed by atoms with E-state index in [1.807, 2.05) is 18.4 Å². The molecule has 5 nitrogen and oxygen atoms in total. The second-order valence-corrected chi connectivity index (χ2v) is 5.77. The van der Waals surface area contributed by atoms with Gasteiger partial charge in [-0.05, 0) is 25.4 Å². The Bertz CT molecular complexity index is 546. The van der Waals surface area contributed by atoms with E-state index in [-0.39, 0.29) is 5.41 Å². The van der Waals surface area contributed by atoms with Gasteiger partial charge in [0, 0.05) is 11.0 Å². The zero-order valence-electron chi connectivity index (χ0n) is 11.3. The van der Waals surface area contributed by atoms with Crippen LogP contribution in [0.2, 0.25) is 5.28 Å². The third kappa shape index (κ3) is 2.27. The van der Waals surface area contributed by atoms with Gasteiger partial charge < -0.3 is 4.52 Å². The van der Waals surface area contributed by atoms with Crippen molar-refractivity contribution in [2.75, 3.05) is 0 Å². The van der Waals surface area contributed by atoms with Gasteiger partial charge in [-0.1, -0.05) is 25.9 Å². The van der Waals surface area contributed by atoms with Crippen LogP contribution in [0.5, 0.6) is 0 Å². The van der Waals surface area contributed by atoms with Gasteiger partial charge in [0.1, 0.15) is 11.6 Å². The van der Waals surface area contributed by atoms with Crippen LogP contribution < -0.4 is 0 Å². The van der Waals surface area contributed by atoms with Crippen molar-refractivity contribution in [2.24, 2.45) is 0 Å². The molecule has 0 aliphatic heterocycles. The Hall–Kier alpha value is -1.36. The lowest BCUT2D eigenvalue weighted by atomic mass is 9.95. The van der Waals surface area contributed by atoms with Gasteiger partial charge >= 0.3 is 0 Å². The van der Waals surface area contributed by atoms with E-state index in [0.29, 0.717) is 11.8 Å². The molecule has 0 spiro atoms. The number of halogens is 1. The molecule has 6 heteroatoms. The lowest BCUT2D eigenvalue weighted by Gasteiger charge is -2.18. The maximum Gasteiger partial charge on any atom is 0.225 e. The molecule has 0 saturated heterocycles. The number of hydrogen-bond acceptors (Lipinski definition) is 4. The highest BCUT2D eigenvalue weighted by atomic mass is 35.5. The number of hydrogen-bond donors (Lipinski definition) is 0. The van der Waals surface area contributed by atoms with Gasteiger partial charge in [0.2, 0.25) is 5.28 Å². The summed E-state index contributed by atoms with van der Waals surface area (Å²) < 4.78 is 7.06. The first-order valence-electron chi connectivity index (χ1n) is 5.81. The monoisotopic (exact) mass is 268 g/mol. The van der Waals surface area contributed by atoms with Crippen molar-refractivity contribution < 1.29 is 4.52 Å². The third-order valence-electron chi connectivity index (χ3n) is 2.87. The van der Waals surface area contributed by atoms with Crippen LogP contribution >= 0.6 is 11.6 Å². The van der Waals surface area contributed by atoms with Crippen molar-refractivity contribution >= 4 is 11.6 Å². The van der Waals surface area contributed by atoms with Crippen LogP contribution in [-0.4, -0.2) is 19.9 Å². The SMILES string of the molecule is Cc1noc(C)c1Cn1c(Cl)nnc1C(C)(C)C. The number of rotatable bonds is 2. The lowest BCUT2D eigenvalue weighted by Crippen LogP contribution is -2.20. The second-order valence-electron chi connectivity index (χ2n) is 5.43. The van der Waals surface area contributed by atoms with Crippen LogP contribution in [0.15, 0.2) is 4.52 Å². The molecule has 2 rings (SSSR count). The molecule has 0 aliphatic rings. The van der Waals surface area contributed by atoms with E-state index < -0.39 is 0 Å². The molecule has 0 fully saturated rings. The molecule has 0 amide bonds. The Morgan fingerprint density at radius 3 is 2.39 bits per heavy atom. The minimum absolute atomic E-state index is 0.112. The predicted molar refractivity (Wildman–Crippen MR) is 68.8 cm³/mol. The topological polar surface area (TPSA) is 56.7 Å². The molecule has 18 heavy (non-hydrogen) atoms. The van der Waals surface area contributed by atoms with Gasteiger partial charge in [-0.2, -0.15) is 0 Å². The largest absolute Gasteiger partial charge is 0.361 e. The molecular formula is C12H17ClN4O. The zero-order valence-corrected chi connectivity index (χ0v) is 12.0. The lowest BCUT2D eigenvalue weighted by molar-refractivity contribution is 0.391. The quantitative estimate of drug-likeness (QED) is 0.840. The van der Waals surface area contributed by atoms with Gasteiger partial charge in [-0.3, -0.25) is 4.57 Å². The summed E-state index contributed by atoms with van der Waals surface area (Å²) in [6.45, 7) is 10.6. The summed E-state index contributed by atoms with van der Waals surface area (Å²) in [5, 5.41) is 12.4. The summed E-state index contributed by atoms with van der Waals surface area (Å²) >= 11 is 6.11. The molecule has 0 atom stereocenters. The normalized spacial score (nSPS) is 12.1. The molecular weight excluding hydrogens is 252 g/mol. The Kier molecular flexibility index (Phi) is 3.19. The van der Waals surface area contributed by atoms with E-state index in [1.54, 1.807) is 0 Å². The molecule has 0 N–H and O–H groups in total. The van der Waals surface area contributed by atoms with Crippen LogP contribution in [0.25, 0.3) is 0 Å². The van der Waals surface area contributed by atoms with Crippen molar-refractivity contribution in [1.82, 2.24) is 19.9 Å². The predicted octanol–water partition coefficient (Wildman–Crippen LogP) is 2.88. The Morgan fingerprint density at radius 1 is 1.22 bits per heavy atom. The smallest absolute Gasteiger partial charge is 0.225 e. The zero-order chi connectivity index (χ0) is 13.5. The summed E-state index contributed by atoms with van der Waals surface area (Å²) in [5.41, 5.74) is 1.79. The standard InChI is InChI=1S/C12H17ClN4O/c1-7-9(8(2)18-16-7)6-17-10(12(3,4)5)14-15-11(17)13/h6H2,1-5H3. The minimum Gasteiger partial charge on any atom is -0.361 e. The molecule has 0 bridgehead atoms. The molecule has 2 aromatic heterocycles. The van der Waals surface area contributed by atoms with Crippen LogP contribution in [0.4, 0.5) is 0 Å². The first-order valence-corrected chi connectivity index (χ1v) is 6.19. The fourth-order valence-corrected chi connectivity index (χ4v) is 2.04. The highest BCUT2D eigenvalue weighted by Gasteiger charge is 2.24. The van der Waals surface area contributed by atoms with E-state index >= 15 is 0 Å². The van der Waals surface area contributed by atoms with Crippen LogP contribution in [0, 0.1) is 13.8 Å². The molecule has 0 saturated carbocycles. The molecule has 0 aromatic carbocycles. The van der Waals surface area contributed by atoms with Gasteiger partial charge in [0.15, 0.2) is 0 Å². The van der Waals surface area contributed by atoms with E-state index in [1.165, 1.54) is 0 Å². The first-order chi connectivity index (χ1) is 8.30. The summed E-state index contributed by atoms with van der Waals surface area (Å²) in [7, 11) is 0. The summed E-state index contributed by atoms with van der Waals surface area (Å²) in [6, 6.07) is 0. The van der Waals surface area contributed by atoms with Crippen molar-refractivity contribution in [3.05, 3.63) is 28.1 Å². The molecule has 0 radical (unpaired) electrons. The minimum atomic E-state index is -0.112. The van der Waals surface area contributed by atoms with Crippen LogP contribution in [0.1, 0.15) is 43.6 Å². The van der Waals surface area contributed by atoms with Crippen LogP contribution in [-0.2, 0) is 12.0 Å². The Labute approximate surface area is 111 Å². The van der Waals surface area contributed by atoms with E-state index in [4.69, 9.17) is 16.1 Å². The molecule has 0 unspecified atom stereocenters. The summed E-state index contributed by atoms with van der Waals surface area (Å²) in [4.78, 5) is 0. The van der Waals surface area contributed by atoms with Gasteiger partial charge in [0.05, 0.1) is 12.2 Å². The summed E-state index contributed by atoms with van der Waals surface area (Å²) in [5.74, 6) is 1.66. The highest BCUT2D eigenvalue weighted by Crippen LogP contribution is 2.25. The first kappa shape index (κ1) is 13.1. The Morgan fingerprint density at radius 2 is 1.89 bits per heavy atom. The summed E-state index contributed by atoms with van der Waals surface area (Å²) in [6.07, 6.45) is 0. The van der Waals surface area contributed by atoms with Crippen LogP contribution in [0.3, 0.4) is 0 Å². The fraction of sp³-hybridized carbons (Fsp3) is 0.583. The maximum absolute atomic E-state index is 6.11. The average Bonchev–Trinajstić information content (AvgIpc) is 2.76. The Balaban J connectivity index is 2.44. The highest BCUT2D eigenvalue weighted by molar-refractivity contribution is 6.28. The number of aryl methyl sites for hydroxylation is 2. The molecule has 2 aromatic rings. The van der Waals surface area contributed by atoms with Gasteiger partial charge in [-0.15, -0.1) is 10.2 Å². The number of aromatic nitrogens is 4. The second kappa shape index (κ2) is 4.39. The van der Waals surface area contributed by atoms with Crippen molar-refractivity contribution in [3.8, 4) is 0 Å². The van der Waals surface area contributed by atoms with Crippen molar-refractivity contribution in [1.29, 1.82) is 0 Å². The fourth-order valence-electron chi connectivity index (χ4n) is 1.86. The van der Waals surface area contributed by atoms with E-state index in [9.17, 15) is 0 Å². The van der Waals surface area contributed by atoms with E-state index in [0.717, 1.165) is 22.8 Å². The molecule has 98 valence electrons. The average molecular weight is 269 g/mol. The third-order valence-corrected chi connectivity index (χ3v) is 3.15. The molecule has 0 aliphatic carbocycles. The maximum atomic E-state index is 6.11. The van der Waals surface area contributed by atoms with Crippen molar-refractivity contribution in [3.63, 3.8) is 0 Å². The van der Waals surface area contributed by atoms with E-state index in [2.05, 4.69) is 36.1 Å². The van der Waals surface area contributed by atoms with Gasteiger partial charge in [0.25, 0.3) is 0 Å². The number of nitrogens with zero attached hydrogens (tertiary/aromatic N) is 4. The van der Waals surface area contributed by atoms with Gasteiger partial charge in [-0.25, -0.2) is 0 Å². The molecule has 2 heterocycles.